The summed E-state index contributed by atoms with van der Waals surface area (Å²) in [6, 6.07) is 0. The van der Waals surface area contributed by atoms with E-state index in [2.05, 4.69) is 21.5 Å². The molecule has 88 valence electrons. The Balaban J connectivity index is -0.000000180. The van der Waals surface area contributed by atoms with Crippen molar-refractivity contribution in [2.45, 2.75) is 26.1 Å². The van der Waals surface area contributed by atoms with E-state index >= 15 is 0 Å². The average Bonchev–Trinajstić information content (AvgIpc) is 2.15. The predicted octanol–water partition coefficient (Wildman–Crippen LogP) is -3.87. The summed E-state index contributed by atoms with van der Waals surface area (Å²) >= 11 is 0. The summed E-state index contributed by atoms with van der Waals surface area (Å²) in [5.41, 5.74) is 0. The maximum atomic E-state index is 9.98. The molecule has 0 aliphatic heterocycles. The van der Waals surface area contributed by atoms with E-state index in [0.717, 1.165) is 0 Å². The average molecular weight is 260 g/mol. The van der Waals surface area contributed by atoms with Gasteiger partial charge in [-0.25, -0.2) is 9.59 Å². The Morgan fingerprint density at radius 1 is 1.00 bits per heavy atom. The molecule has 0 spiro atoms. The van der Waals surface area contributed by atoms with E-state index in [1.807, 2.05) is 0 Å². The number of carbonyl (C=O) groups excluding carboxylic acids is 2. The van der Waals surface area contributed by atoms with Crippen LogP contribution in [0.2, 0.25) is 0 Å². The van der Waals surface area contributed by atoms with E-state index < -0.39 is 24.1 Å². The first-order chi connectivity index (χ1) is 6.36. The predicted molar refractivity (Wildman–Crippen MR) is 41.3 cm³/mol. The van der Waals surface area contributed by atoms with Crippen molar-refractivity contribution >= 4 is 11.9 Å². The number of quaternary nitrogens is 2. The van der Waals surface area contributed by atoms with Gasteiger partial charge in [-0.2, -0.15) is 11.8 Å². The molecule has 0 radical (unpaired) electrons. The van der Waals surface area contributed by atoms with Crippen LogP contribution in [0.4, 0.5) is 0 Å². The third-order valence-electron chi connectivity index (χ3n) is 0.967. The Kier molecular flexibility index (Phi) is 15.4. The number of aliphatic hydroxyl groups excluding tert-OH is 2. The molecule has 2 atom stereocenters. The largest absolute Gasteiger partial charge is 0.394 e. The third kappa shape index (κ3) is 13.5. The summed E-state index contributed by atoms with van der Waals surface area (Å²) < 4.78 is 0. The van der Waals surface area contributed by atoms with Gasteiger partial charge in [-0.15, -0.1) is 0 Å². The molecule has 0 aromatic rings. The molecule has 0 rings (SSSR count). The Morgan fingerprint density at radius 3 is 1.20 bits per heavy atom. The Morgan fingerprint density at radius 2 is 1.20 bits per heavy atom. The number of aliphatic hydroxyl groups is 2. The van der Waals surface area contributed by atoms with Crippen LogP contribution in [0.1, 0.15) is 13.8 Å². The molecule has 0 aromatic heterocycles. The van der Waals surface area contributed by atoms with Gasteiger partial charge in [0.05, 0.1) is 0 Å². The van der Waals surface area contributed by atoms with Crippen LogP contribution < -0.4 is 11.8 Å². The second kappa shape index (κ2) is 11.6. The summed E-state index contributed by atoms with van der Waals surface area (Å²) in [6.45, 7) is 2.63. The van der Waals surface area contributed by atoms with Gasteiger partial charge in [0, 0.05) is 21.7 Å². The summed E-state index contributed by atoms with van der Waals surface area (Å²) in [6.07, 6.45) is -2.12. The monoisotopic (exact) mass is 260 g/mol. The van der Waals surface area contributed by atoms with Crippen molar-refractivity contribution < 1.29 is 63.0 Å². The third-order valence-corrected chi connectivity index (χ3v) is 0.967. The number of hydrogen-bond acceptors (Lipinski definition) is 6. The summed E-state index contributed by atoms with van der Waals surface area (Å²) in [5, 5.41) is 16.6. The second-order valence-corrected chi connectivity index (χ2v) is 2.28. The van der Waals surface area contributed by atoms with E-state index in [4.69, 9.17) is 10.2 Å². The number of rotatable bonds is 2. The minimum absolute atomic E-state index is 0. The molecule has 8 N–H and O–H groups in total. The molecule has 15 heavy (non-hydrogen) atoms. The van der Waals surface area contributed by atoms with Crippen molar-refractivity contribution in [2.75, 3.05) is 0 Å². The van der Waals surface area contributed by atoms with Gasteiger partial charge >= 0.3 is 11.9 Å². The standard InChI is InChI=1S/2C3H8NO3.Ti/c2*1-2(5)3(6)7-4;/h2*2,5H,1,4H3;/q2*+1;. The Labute approximate surface area is 101 Å². The van der Waals surface area contributed by atoms with E-state index in [0.29, 0.717) is 0 Å². The van der Waals surface area contributed by atoms with Crippen LogP contribution in [0, 0.1) is 0 Å². The fraction of sp³-hybridized carbons (Fsp3) is 0.667. The number of hydrogen-bond donors (Lipinski definition) is 4. The van der Waals surface area contributed by atoms with Crippen molar-refractivity contribution in [3.63, 3.8) is 0 Å². The molecule has 0 amide bonds. The molecule has 0 aromatic carbocycles. The molecule has 0 aliphatic carbocycles. The summed E-state index contributed by atoms with van der Waals surface area (Å²) in [7, 11) is 0. The van der Waals surface area contributed by atoms with Gasteiger partial charge < -0.3 is 10.2 Å². The summed E-state index contributed by atoms with van der Waals surface area (Å²) in [5.74, 6) is 4.18. The van der Waals surface area contributed by atoms with Crippen LogP contribution in [-0.4, -0.2) is 34.4 Å². The maximum Gasteiger partial charge on any atom is 0.394 e. The van der Waals surface area contributed by atoms with E-state index in [-0.39, 0.29) is 21.7 Å². The van der Waals surface area contributed by atoms with Crippen LogP contribution in [-0.2, 0) is 41.0 Å². The molecule has 8 nitrogen and oxygen atoms in total. The van der Waals surface area contributed by atoms with Gasteiger partial charge in [-0.1, -0.05) is 0 Å². The Hall–Kier alpha value is -0.506. The molecule has 0 fully saturated rings. The molecular formula is C6H16N2O6Ti+2. The first-order valence-corrected chi connectivity index (χ1v) is 3.64. The quantitative estimate of drug-likeness (QED) is 0.295. The molecule has 0 bridgehead atoms. The molecule has 0 saturated carbocycles. The zero-order chi connectivity index (χ0) is 11.7. The second-order valence-electron chi connectivity index (χ2n) is 2.28. The van der Waals surface area contributed by atoms with Gasteiger partial charge in [0.15, 0.2) is 12.2 Å². The van der Waals surface area contributed by atoms with Crippen LogP contribution in [0.3, 0.4) is 0 Å². The first kappa shape index (κ1) is 20.0. The smallest absolute Gasteiger partial charge is 0.381 e. The van der Waals surface area contributed by atoms with E-state index in [1.54, 1.807) is 0 Å². The molecule has 9 heteroatoms. The maximum absolute atomic E-state index is 9.98. The van der Waals surface area contributed by atoms with Gasteiger partial charge in [0.1, 0.15) is 0 Å². The fourth-order valence-electron chi connectivity index (χ4n) is 0.241. The van der Waals surface area contributed by atoms with Crippen LogP contribution >= 0.6 is 0 Å². The van der Waals surface area contributed by atoms with Crippen LogP contribution in [0.15, 0.2) is 0 Å². The molecular weight excluding hydrogens is 244 g/mol. The summed E-state index contributed by atoms with van der Waals surface area (Å²) in [4.78, 5) is 27.7. The van der Waals surface area contributed by atoms with E-state index in [9.17, 15) is 9.59 Å². The van der Waals surface area contributed by atoms with Gasteiger partial charge in [0.25, 0.3) is 0 Å². The van der Waals surface area contributed by atoms with Crippen LogP contribution in [0.25, 0.3) is 0 Å². The molecule has 0 heterocycles. The zero-order valence-electron chi connectivity index (χ0n) is 8.60. The zero-order valence-corrected chi connectivity index (χ0v) is 10.2. The molecule has 0 saturated heterocycles. The van der Waals surface area contributed by atoms with Gasteiger partial charge in [0.2, 0.25) is 0 Å². The van der Waals surface area contributed by atoms with Crippen molar-refractivity contribution in [3.8, 4) is 0 Å². The Bertz CT molecular complexity index is 166. The van der Waals surface area contributed by atoms with E-state index in [1.165, 1.54) is 13.8 Å². The minimum Gasteiger partial charge on any atom is -0.381 e. The van der Waals surface area contributed by atoms with Gasteiger partial charge in [-0.3, -0.25) is 9.68 Å². The topological polar surface area (TPSA) is 148 Å². The SMILES string of the molecule is CC(O)C(=O)O[NH3+].CC(O)C(=O)O[NH3+].[Ti]. The molecule has 0 aliphatic rings. The van der Waals surface area contributed by atoms with Crippen molar-refractivity contribution in [1.29, 1.82) is 0 Å². The normalized spacial score (nSPS) is 12.1. The molecule has 2 unspecified atom stereocenters. The van der Waals surface area contributed by atoms with Crippen molar-refractivity contribution in [2.24, 2.45) is 0 Å². The fourth-order valence-corrected chi connectivity index (χ4v) is 0.241. The van der Waals surface area contributed by atoms with Crippen molar-refractivity contribution in [3.05, 3.63) is 0 Å². The number of carbonyl (C=O) groups is 2. The van der Waals surface area contributed by atoms with Gasteiger partial charge in [-0.05, 0) is 13.8 Å². The van der Waals surface area contributed by atoms with Crippen LogP contribution in [0.5, 0.6) is 0 Å². The minimum atomic E-state index is -1.06. The van der Waals surface area contributed by atoms with Crippen molar-refractivity contribution in [1.82, 2.24) is 0 Å². The first-order valence-electron chi connectivity index (χ1n) is 3.64.